The molecule has 22 heavy (non-hydrogen) atoms. The van der Waals surface area contributed by atoms with Crippen LogP contribution in [0.4, 0.5) is 11.9 Å². The molecule has 0 spiro atoms. The highest BCUT2D eigenvalue weighted by Crippen LogP contribution is 2.15. The second-order valence-corrected chi connectivity index (χ2v) is 5.46. The number of hydrogen-bond donors (Lipinski definition) is 3. The molecule has 1 heterocycles. The number of nitrogens with zero attached hydrogens (tertiary/aromatic N) is 3. The van der Waals surface area contributed by atoms with Gasteiger partial charge in [0.15, 0.2) is 5.82 Å². The van der Waals surface area contributed by atoms with Crippen molar-refractivity contribution in [1.29, 1.82) is 0 Å². The van der Waals surface area contributed by atoms with E-state index in [0.29, 0.717) is 12.4 Å². The molecular formula is C16H19N6+. The standard InChI is InChI=1S/C16H18N6/c1-22(10-14-19-15(17)21-16(18)20-14)9-11-6-7-12-4-2-3-5-13(12)8-11/h2-8H,9-10H2,1H3,(H4,17,18,19,20,21)/p+1. The van der Waals surface area contributed by atoms with Gasteiger partial charge in [-0.2, -0.15) is 15.0 Å². The molecule has 5 N–H and O–H groups in total. The minimum Gasteiger partial charge on any atom is -0.368 e. The van der Waals surface area contributed by atoms with Gasteiger partial charge in [-0.25, -0.2) is 0 Å². The van der Waals surface area contributed by atoms with Gasteiger partial charge in [0.2, 0.25) is 11.9 Å². The fraction of sp³-hybridized carbons (Fsp3) is 0.188. The molecule has 1 atom stereocenters. The van der Waals surface area contributed by atoms with Crippen molar-refractivity contribution in [2.24, 2.45) is 0 Å². The highest BCUT2D eigenvalue weighted by Gasteiger charge is 2.10. The third-order valence-electron chi connectivity index (χ3n) is 3.50. The SMILES string of the molecule is C[NH+](Cc1ccc2ccccc2c1)Cc1nc(N)nc(N)n1. The Bertz CT molecular complexity index is 781. The lowest BCUT2D eigenvalue weighted by atomic mass is 10.1. The highest BCUT2D eigenvalue weighted by atomic mass is 15.2. The van der Waals surface area contributed by atoms with Crippen molar-refractivity contribution in [1.82, 2.24) is 15.0 Å². The van der Waals surface area contributed by atoms with Crippen LogP contribution in [-0.2, 0) is 13.1 Å². The van der Waals surface area contributed by atoms with Gasteiger partial charge in [-0.05, 0) is 16.8 Å². The number of aromatic nitrogens is 3. The summed E-state index contributed by atoms with van der Waals surface area (Å²) < 4.78 is 0. The van der Waals surface area contributed by atoms with E-state index in [-0.39, 0.29) is 11.9 Å². The van der Waals surface area contributed by atoms with E-state index < -0.39 is 0 Å². The van der Waals surface area contributed by atoms with E-state index in [1.807, 2.05) is 0 Å². The van der Waals surface area contributed by atoms with Crippen LogP contribution >= 0.6 is 0 Å². The Labute approximate surface area is 128 Å². The lowest BCUT2D eigenvalue weighted by molar-refractivity contribution is -0.908. The van der Waals surface area contributed by atoms with Crippen LogP contribution in [0.2, 0.25) is 0 Å². The maximum atomic E-state index is 5.60. The molecule has 0 fully saturated rings. The van der Waals surface area contributed by atoms with E-state index in [4.69, 9.17) is 11.5 Å². The predicted octanol–water partition coefficient (Wildman–Crippen LogP) is 0.404. The number of fused-ring (bicyclic) bond motifs is 1. The van der Waals surface area contributed by atoms with Crippen LogP contribution in [0, 0.1) is 0 Å². The van der Waals surface area contributed by atoms with Crippen molar-refractivity contribution < 1.29 is 4.90 Å². The molecule has 6 heteroatoms. The van der Waals surface area contributed by atoms with Gasteiger partial charge in [0.25, 0.3) is 0 Å². The average Bonchev–Trinajstić information content (AvgIpc) is 2.45. The zero-order valence-electron chi connectivity index (χ0n) is 12.5. The lowest BCUT2D eigenvalue weighted by Gasteiger charge is -2.14. The monoisotopic (exact) mass is 295 g/mol. The van der Waals surface area contributed by atoms with E-state index in [0.717, 1.165) is 6.54 Å². The van der Waals surface area contributed by atoms with E-state index >= 15 is 0 Å². The van der Waals surface area contributed by atoms with Crippen LogP contribution < -0.4 is 16.4 Å². The summed E-state index contributed by atoms with van der Waals surface area (Å²) in [6.45, 7) is 1.51. The zero-order chi connectivity index (χ0) is 15.5. The quantitative estimate of drug-likeness (QED) is 0.648. The van der Waals surface area contributed by atoms with Crippen LogP contribution in [0.5, 0.6) is 0 Å². The van der Waals surface area contributed by atoms with Crippen molar-refractivity contribution in [3.63, 3.8) is 0 Å². The van der Waals surface area contributed by atoms with E-state index in [2.05, 4.69) is 64.5 Å². The molecule has 0 saturated heterocycles. The first-order valence-corrected chi connectivity index (χ1v) is 7.15. The highest BCUT2D eigenvalue weighted by molar-refractivity contribution is 5.82. The molecule has 0 saturated carbocycles. The van der Waals surface area contributed by atoms with Crippen LogP contribution in [-0.4, -0.2) is 22.0 Å². The molecule has 0 radical (unpaired) electrons. The van der Waals surface area contributed by atoms with Gasteiger partial charge in [0, 0.05) is 5.56 Å². The summed E-state index contributed by atoms with van der Waals surface area (Å²) in [4.78, 5) is 13.3. The van der Waals surface area contributed by atoms with Gasteiger partial charge in [0.05, 0.1) is 7.05 Å². The van der Waals surface area contributed by atoms with Crippen molar-refractivity contribution in [2.45, 2.75) is 13.1 Å². The molecule has 1 aromatic heterocycles. The van der Waals surface area contributed by atoms with Crippen molar-refractivity contribution >= 4 is 22.7 Å². The average molecular weight is 295 g/mol. The number of benzene rings is 2. The molecule has 0 aliphatic rings. The molecular weight excluding hydrogens is 276 g/mol. The van der Waals surface area contributed by atoms with Crippen LogP contribution in [0.1, 0.15) is 11.4 Å². The number of nitrogens with two attached hydrogens (primary N) is 2. The third-order valence-corrected chi connectivity index (χ3v) is 3.50. The topological polar surface area (TPSA) is 95.2 Å². The van der Waals surface area contributed by atoms with Crippen LogP contribution in [0.25, 0.3) is 10.8 Å². The van der Waals surface area contributed by atoms with Crippen molar-refractivity contribution in [2.75, 3.05) is 18.5 Å². The van der Waals surface area contributed by atoms with Gasteiger partial charge in [-0.1, -0.05) is 36.4 Å². The predicted molar refractivity (Wildman–Crippen MR) is 86.9 cm³/mol. The molecule has 3 aromatic rings. The minimum atomic E-state index is 0.168. The smallest absolute Gasteiger partial charge is 0.225 e. The number of quaternary nitrogens is 1. The molecule has 0 aliphatic carbocycles. The second kappa shape index (κ2) is 5.95. The number of nitrogens with one attached hydrogen (secondary N) is 1. The number of rotatable bonds is 4. The Hall–Kier alpha value is -2.73. The first-order valence-electron chi connectivity index (χ1n) is 7.15. The van der Waals surface area contributed by atoms with Crippen molar-refractivity contribution in [3.05, 3.63) is 53.9 Å². The van der Waals surface area contributed by atoms with Gasteiger partial charge in [-0.3, -0.25) is 0 Å². The Morgan fingerprint density at radius 2 is 1.55 bits per heavy atom. The maximum absolute atomic E-state index is 5.60. The third kappa shape index (κ3) is 3.29. The molecule has 0 aliphatic heterocycles. The number of nitrogen functional groups attached to an aromatic ring is 2. The first-order chi connectivity index (χ1) is 10.6. The zero-order valence-corrected chi connectivity index (χ0v) is 12.5. The summed E-state index contributed by atoms with van der Waals surface area (Å²) in [5.41, 5.74) is 12.5. The van der Waals surface area contributed by atoms with Crippen molar-refractivity contribution in [3.8, 4) is 0 Å². The summed E-state index contributed by atoms with van der Waals surface area (Å²) in [6, 6.07) is 14.9. The fourth-order valence-corrected chi connectivity index (χ4v) is 2.57. The Kier molecular flexibility index (Phi) is 3.84. The Morgan fingerprint density at radius 1 is 0.864 bits per heavy atom. The van der Waals surface area contributed by atoms with Gasteiger partial charge < -0.3 is 16.4 Å². The normalized spacial score (nSPS) is 12.4. The van der Waals surface area contributed by atoms with Crippen LogP contribution in [0.15, 0.2) is 42.5 Å². The molecule has 112 valence electrons. The molecule has 3 rings (SSSR count). The Balaban J connectivity index is 1.73. The van der Waals surface area contributed by atoms with E-state index in [9.17, 15) is 0 Å². The molecule has 6 nitrogen and oxygen atoms in total. The summed E-state index contributed by atoms with van der Waals surface area (Å²) in [5.74, 6) is 0.949. The minimum absolute atomic E-state index is 0.168. The van der Waals surface area contributed by atoms with Gasteiger partial charge in [0.1, 0.15) is 13.1 Å². The fourth-order valence-electron chi connectivity index (χ4n) is 2.57. The van der Waals surface area contributed by atoms with E-state index in [1.165, 1.54) is 21.2 Å². The number of hydrogen-bond acceptors (Lipinski definition) is 5. The largest absolute Gasteiger partial charge is 0.368 e. The summed E-state index contributed by atoms with van der Waals surface area (Å²) in [5, 5.41) is 2.50. The Morgan fingerprint density at radius 3 is 2.27 bits per heavy atom. The molecule has 0 amide bonds. The molecule has 0 bridgehead atoms. The molecule has 2 aromatic carbocycles. The summed E-state index contributed by atoms with van der Waals surface area (Å²) in [6.07, 6.45) is 0. The number of anilines is 2. The second-order valence-electron chi connectivity index (χ2n) is 5.46. The molecule has 1 unspecified atom stereocenters. The summed E-state index contributed by atoms with van der Waals surface area (Å²) in [7, 11) is 2.09. The first kappa shape index (κ1) is 14.2. The van der Waals surface area contributed by atoms with E-state index in [1.54, 1.807) is 0 Å². The van der Waals surface area contributed by atoms with Gasteiger partial charge >= 0.3 is 0 Å². The van der Waals surface area contributed by atoms with Gasteiger partial charge in [-0.15, -0.1) is 0 Å². The summed E-state index contributed by atoms with van der Waals surface area (Å²) >= 11 is 0. The lowest BCUT2D eigenvalue weighted by Crippen LogP contribution is -3.06. The maximum Gasteiger partial charge on any atom is 0.225 e. The van der Waals surface area contributed by atoms with Crippen LogP contribution in [0.3, 0.4) is 0 Å².